The van der Waals surface area contributed by atoms with Gasteiger partial charge in [-0.05, 0) is 12.3 Å². The SMILES string of the molecule is CCCC[C@H](C)C(O)C#N. The van der Waals surface area contributed by atoms with Crippen LogP contribution in [0.15, 0.2) is 0 Å². The van der Waals surface area contributed by atoms with Gasteiger partial charge in [0.05, 0.1) is 6.07 Å². The van der Waals surface area contributed by atoms with Crippen molar-refractivity contribution in [2.75, 3.05) is 0 Å². The number of nitrogens with zero attached hydrogens (tertiary/aromatic N) is 1. The van der Waals surface area contributed by atoms with Crippen molar-refractivity contribution in [3.05, 3.63) is 0 Å². The first-order valence-electron chi connectivity index (χ1n) is 3.80. The van der Waals surface area contributed by atoms with Crippen LogP contribution in [-0.4, -0.2) is 11.2 Å². The minimum atomic E-state index is -0.772. The van der Waals surface area contributed by atoms with E-state index in [0.29, 0.717) is 0 Å². The fourth-order valence-corrected chi connectivity index (χ4v) is 0.811. The molecule has 0 fully saturated rings. The van der Waals surface area contributed by atoms with Gasteiger partial charge in [-0.3, -0.25) is 0 Å². The first-order valence-corrected chi connectivity index (χ1v) is 3.80. The van der Waals surface area contributed by atoms with Crippen LogP contribution in [0.4, 0.5) is 0 Å². The number of hydrogen-bond donors (Lipinski definition) is 1. The molecule has 2 atom stereocenters. The Morgan fingerprint density at radius 3 is 2.60 bits per heavy atom. The van der Waals surface area contributed by atoms with Gasteiger partial charge in [0.1, 0.15) is 6.10 Å². The van der Waals surface area contributed by atoms with Gasteiger partial charge in [0.2, 0.25) is 0 Å². The van der Waals surface area contributed by atoms with Crippen LogP contribution in [0, 0.1) is 17.2 Å². The fourth-order valence-electron chi connectivity index (χ4n) is 0.811. The highest BCUT2D eigenvalue weighted by molar-refractivity contribution is 4.85. The van der Waals surface area contributed by atoms with E-state index in [-0.39, 0.29) is 5.92 Å². The lowest BCUT2D eigenvalue weighted by Crippen LogP contribution is -2.14. The summed E-state index contributed by atoms with van der Waals surface area (Å²) >= 11 is 0. The molecule has 58 valence electrons. The molecule has 10 heavy (non-hydrogen) atoms. The lowest BCUT2D eigenvalue weighted by Gasteiger charge is -2.10. The molecular formula is C8H15NO. The molecule has 1 unspecified atom stereocenters. The summed E-state index contributed by atoms with van der Waals surface area (Å²) in [4.78, 5) is 0. The number of hydrogen-bond acceptors (Lipinski definition) is 2. The summed E-state index contributed by atoms with van der Waals surface area (Å²) in [5.41, 5.74) is 0. The van der Waals surface area contributed by atoms with Gasteiger partial charge < -0.3 is 5.11 Å². The molecule has 0 spiro atoms. The van der Waals surface area contributed by atoms with Crippen molar-refractivity contribution in [2.24, 2.45) is 5.92 Å². The Labute approximate surface area is 62.5 Å². The van der Waals surface area contributed by atoms with Crippen molar-refractivity contribution < 1.29 is 5.11 Å². The van der Waals surface area contributed by atoms with Crippen molar-refractivity contribution in [2.45, 2.75) is 39.2 Å². The molecule has 0 aliphatic rings. The second-order valence-corrected chi connectivity index (χ2v) is 2.69. The fraction of sp³-hybridized carbons (Fsp3) is 0.875. The Balaban J connectivity index is 3.43. The Morgan fingerprint density at radius 1 is 1.60 bits per heavy atom. The second kappa shape index (κ2) is 5.25. The van der Waals surface area contributed by atoms with Crippen molar-refractivity contribution in [1.29, 1.82) is 5.26 Å². The zero-order valence-electron chi connectivity index (χ0n) is 6.67. The molecule has 0 aromatic carbocycles. The highest BCUT2D eigenvalue weighted by Crippen LogP contribution is 2.10. The molecule has 2 heteroatoms. The van der Waals surface area contributed by atoms with Crippen LogP contribution in [0.1, 0.15) is 33.1 Å². The average molecular weight is 141 g/mol. The van der Waals surface area contributed by atoms with Crippen molar-refractivity contribution in [3.8, 4) is 6.07 Å². The number of aliphatic hydroxyl groups excluding tert-OH is 1. The quantitative estimate of drug-likeness (QED) is 0.605. The molecule has 2 nitrogen and oxygen atoms in total. The van der Waals surface area contributed by atoms with Gasteiger partial charge in [-0.15, -0.1) is 0 Å². The van der Waals surface area contributed by atoms with Crippen LogP contribution < -0.4 is 0 Å². The van der Waals surface area contributed by atoms with Gasteiger partial charge in [0.15, 0.2) is 0 Å². The summed E-state index contributed by atoms with van der Waals surface area (Å²) < 4.78 is 0. The Kier molecular flexibility index (Phi) is 4.96. The Bertz CT molecular complexity index is 117. The minimum absolute atomic E-state index is 0.130. The first-order chi connectivity index (χ1) is 4.72. The van der Waals surface area contributed by atoms with E-state index in [1.165, 1.54) is 0 Å². The van der Waals surface area contributed by atoms with Crippen molar-refractivity contribution in [1.82, 2.24) is 0 Å². The molecule has 0 saturated carbocycles. The molecule has 0 amide bonds. The molecule has 0 saturated heterocycles. The van der Waals surface area contributed by atoms with Gasteiger partial charge in [-0.25, -0.2) is 0 Å². The molecule has 1 N–H and O–H groups in total. The third-order valence-corrected chi connectivity index (χ3v) is 1.68. The molecule has 0 aromatic rings. The van der Waals surface area contributed by atoms with Crippen LogP contribution >= 0.6 is 0 Å². The van der Waals surface area contributed by atoms with Crippen LogP contribution in [-0.2, 0) is 0 Å². The van der Waals surface area contributed by atoms with Crippen LogP contribution in [0.2, 0.25) is 0 Å². The van der Waals surface area contributed by atoms with Crippen molar-refractivity contribution >= 4 is 0 Å². The van der Waals surface area contributed by atoms with E-state index >= 15 is 0 Å². The summed E-state index contributed by atoms with van der Waals surface area (Å²) in [5, 5.41) is 17.3. The standard InChI is InChI=1S/C8H15NO/c1-3-4-5-7(2)8(10)6-9/h7-8,10H,3-5H2,1-2H3/t7-,8?/m0/s1. The van der Waals surface area contributed by atoms with E-state index in [4.69, 9.17) is 10.4 Å². The zero-order valence-corrected chi connectivity index (χ0v) is 6.67. The van der Waals surface area contributed by atoms with E-state index in [0.717, 1.165) is 19.3 Å². The maximum atomic E-state index is 8.99. The number of rotatable bonds is 4. The van der Waals surface area contributed by atoms with Crippen molar-refractivity contribution in [3.63, 3.8) is 0 Å². The van der Waals surface area contributed by atoms with E-state index in [9.17, 15) is 0 Å². The molecule has 0 bridgehead atoms. The zero-order chi connectivity index (χ0) is 7.98. The Morgan fingerprint density at radius 2 is 2.20 bits per heavy atom. The number of aliphatic hydroxyl groups is 1. The molecule has 0 rings (SSSR count). The van der Waals surface area contributed by atoms with E-state index in [1.54, 1.807) is 0 Å². The largest absolute Gasteiger partial charge is 0.378 e. The van der Waals surface area contributed by atoms with E-state index in [2.05, 4.69) is 6.92 Å². The average Bonchev–Trinajstić information content (AvgIpc) is 1.98. The number of unbranched alkanes of at least 4 members (excludes halogenated alkanes) is 1. The maximum Gasteiger partial charge on any atom is 0.143 e. The van der Waals surface area contributed by atoms with Crippen LogP contribution in [0.5, 0.6) is 0 Å². The van der Waals surface area contributed by atoms with Gasteiger partial charge in [-0.2, -0.15) is 5.26 Å². The summed E-state index contributed by atoms with van der Waals surface area (Å²) in [6, 6.07) is 1.83. The molecule has 0 radical (unpaired) electrons. The highest BCUT2D eigenvalue weighted by atomic mass is 16.3. The lowest BCUT2D eigenvalue weighted by molar-refractivity contribution is 0.162. The van der Waals surface area contributed by atoms with Gasteiger partial charge >= 0.3 is 0 Å². The molecule has 0 heterocycles. The Hall–Kier alpha value is -0.550. The minimum Gasteiger partial charge on any atom is -0.378 e. The van der Waals surface area contributed by atoms with Crippen LogP contribution in [0.25, 0.3) is 0 Å². The summed E-state index contributed by atoms with van der Waals surface area (Å²) in [6.07, 6.45) is 2.40. The normalized spacial score (nSPS) is 15.8. The second-order valence-electron chi connectivity index (χ2n) is 2.69. The maximum absolute atomic E-state index is 8.99. The first kappa shape index (κ1) is 9.45. The van der Waals surface area contributed by atoms with E-state index < -0.39 is 6.10 Å². The monoisotopic (exact) mass is 141 g/mol. The third kappa shape index (κ3) is 3.47. The topological polar surface area (TPSA) is 44.0 Å². The molecule has 0 aliphatic heterocycles. The molecule has 0 aromatic heterocycles. The van der Waals surface area contributed by atoms with Gasteiger partial charge in [-0.1, -0.05) is 26.7 Å². The van der Waals surface area contributed by atoms with Gasteiger partial charge in [0, 0.05) is 0 Å². The number of nitriles is 1. The van der Waals surface area contributed by atoms with E-state index in [1.807, 2.05) is 13.0 Å². The van der Waals surface area contributed by atoms with Gasteiger partial charge in [0.25, 0.3) is 0 Å². The predicted octanol–water partition coefficient (Wildman–Crippen LogP) is 1.70. The smallest absolute Gasteiger partial charge is 0.143 e. The predicted molar refractivity (Wildman–Crippen MR) is 40.3 cm³/mol. The lowest BCUT2D eigenvalue weighted by atomic mass is 9.99. The third-order valence-electron chi connectivity index (χ3n) is 1.68. The summed E-state index contributed by atoms with van der Waals surface area (Å²) in [6.45, 7) is 4.01. The summed E-state index contributed by atoms with van der Waals surface area (Å²) in [5.74, 6) is 0.130. The summed E-state index contributed by atoms with van der Waals surface area (Å²) in [7, 11) is 0. The molecular weight excluding hydrogens is 126 g/mol. The molecule has 0 aliphatic carbocycles. The highest BCUT2D eigenvalue weighted by Gasteiger charge is 2.11. The van der Waals surface area contributed by atoms with Crippen LogP contribution in [0.3, 0.4) is 0 Å².